The number of pyridine rings is 1. The van der Waals surface area contributed by atoms with Crippen LogP contribution in [0.3, 0.4) is 0 Å². The van der Waals surface area contributed by atoms with Crippen molar-refractivity contribution in [3.63, 3.8) is 0 Å². The molecule has 5 N–H and O–H groups in total. The molecule has 2 heterocycles. The summed E-state index contributed by atoms with van der Waals surface area (Å²) in [7, 11) is 0. The summed E-state index contributed by atoms with van der Waals surface area (Å²) < 4.78 is 0. The number of carboxylic acid groups (broad SMARTS) is 1. The largest absolute Gasteiger partial charge is 0.506 e. The summed E-state index contributed by atoms with van der Waals surface area (Å²) in [6.07, 6.45) is 0. The lowest BCUT2D eigenvalue weighted by Crippen LogP contribution is -2.27. The van der Waals surface area contributed by atoms with Gasteiger partial charge in [-0.15, -0.1) is 0 Å². The van der Waals surface area contributed by atoms with E-state index in [1.807, 2.05) is 24.3 Å². The molecular weight excluding hydrogens is 322 g/mol. The highest BCUT2D eigenvalue weighted by atomic mass is 16.4. The monoisotopic (exact) mass is 341 g/mol. The number of nitrogens with zero attached hydrogens (tertiary/aromatic N) is 1. The van der Waals surface area contributed by atoms with Crippen LogP contribution in [0.5, 0.6) is 5.75 Å². The van der Waals surface area contributed by atoms with Gasteiger partial charge in [0.05, 0.1) is 5.69 Å². The quantitative estimate of drug-likeness (QED) is 0.665. The Morgan fingerprint density at radius 3 is 2.40 bits per heavy atom. The number of aromatic amines is 1. The Kier molecular flexibility index (Phi) is 3.36. The zero-order valence-corrected chi connectivity index (χ0v) is 13.7. The predicted octanol–water partition coefficient (Wildman–Crippen LogP) is 1.15. The van der Waals surface area contributed by atoms with Crippen molar-refractivity contribution in [2.75, 3.05) is 18.0 Å². The number of aromatic hydroxyl groups is 1. The SMILES string of the molecule is Cc1c(-c2ccc(N3C[C@@H]4[C@@H](N)[C@@H]4C3)cc2)[nH]c(=O)c(C(=O)O)c1O. The molecule has 0 unspecified atom stereocenters. The van der Waals surface area contributed by atoms with Crippen LogP contribution in [-0.4, -0.2) is 40.3 Å². The van der Waals surface area contributed by atoms with Gasteiger partial charge < -0.3 is 25.8 Å². The summed E-state index contributed by atoms with van der Waals surface area (Å²) in [5.74, 6) is -0.754. The van der Waals surface area contributed by atoms with Gasteiger partial charge in [0.1, 0.15) is 5.75 Å². The van der Waals surface area contributed by atoms with Crippen molar-refractivity contribution >= 4 is 11.7 Å². The van der Waals surface area contributed by atoms with Crippen LogP contribution in [0.4, 0.5) is 5.69 Å². The van der Waals surface area contributed by atoms with E-state index in [4.69, 9.17) is 10.8 Å². The van der Waals surface area contributed by atoms with E-state index in [0.29, 0.717) is 34.7 Å². The number of aromatic carboxylic acids is 1. The number of fused-ring (bicyclic) bond motifs is 1. The van der Waals surface area contributed by atoms with Gasteiger partial charge in [-0.05, 0) is 36.5 Å². The second kappa shape index (κ2) is 5.35. The molecule has 25 heavy (non-hydrogen) atoms. The number of hydrogen-bond donors (Lipinski definition) is 4. The first-order chi connectivity index (χ1) is 11.9. The highest BCUT2D eigenvalue weighted by Gasteiger charge is 2.53. The lowest BCUT2D eigenvalue weighted by molar-refractivity contribution is 0.0691. The Hall–Kier alpha value is -2.80. The molecule has 1 aliphatic heterocycles. The number of aromatic nitrogens is 1. The molecule has 0 radical (unpaired) electrons. The number of rotatable bonds is 3. The third-order valence-corrected chi connectivity index (χ3v) is 5.43. The van der Waals surface area contributed by atoms with Gasteiger partial charge in [0.2, 0.25) is 0 Å². The van der Waals surface area contributed by atoms with Crippen molar-refractivity contribution in [2.24, 2.45) is 17.6 Å². The molecule has 2 aromatic rings. The molecule has 2 fully saturated rings. The van der Waals surface area contributed by atoms with Crippen LogP contribution in [0.25, 0.3) is 11.3 Å². The van der Waals surface area contributed by atoms with Crippen LogP contribution in [-0.2, 0) is 0 Å². The lowest BCUT2D eigenvalue weighted by atomic mass is 10.0. The molecule has 1 aliphatic carbocycles. The number of H-pyrrole nitrogens is 1. The van der Waals surface area contributed by atoms with Crippen LogP contribution in [0.1, 0.15) is 15.9 Å². The Labute approximate surface area is 143 Å². The number of hydrogen-bond acceptors (Lipinski definition) is 5. The minimum Gasteiger partial charge on any atom is -0.506 e. The third-order valence-electron chi connectivity index (χ3n) is 5.43. The van der Waals surface area contributed by atoms with E-state index in [9.17, 15) is 14.7 Å². The molecule has 2 aliphatic rings. The van der Waals surface area contributed by atoms with Gasteiger partial charge in [0.15, 0.2) is 5.56 Å². The zero-order valence-electron chi connectivity index (χ0n) is 13.7. The van der Waals surface area contributed by atoms with E-state index in [1.165, 1.54) is 0 Å². The molecule has 3 atom stereocenters. The molecule has 1 aromatic carbocycles. The van der Waals surface area contributed by atoms with E-state index in [1.54, 1.807) is 6.92 Å². The molecule has 1 aromatic heterocycles. The molecule has 7 nitrogen and oxygen atoms in total. The minimum absolute atomic E-state index is 0.332. The highest BCUT2D eigenvalue weighted by molar-refractivity contribution is 5.91. The van der Waals surface area contributed by atoms with Crippen molar-refractivity contribution in [3.05, 3.63) is 45.7 Å². The topological polar surface area (TPSA) is 120 Å². The van der Waals surface area contributed by atoms with Gasteiger partial charge in [-0.3, -0.25) is 4.79 Å². The highest BCUT2D eigenvalue weighted by Crippen LogP contribution is 2.45. The number of carboxylic acids is 1. The average molecular weight is 341 g/mol. The van der Waals surface area contributed by atoms with Gasteiger partial charge >= 0.3 is 5.97 Å². The van der Waals surface area contributed by atoms with Crippen LogP contribution in [0, 0.1) is 18.8 Å². The van der Waals surface area contributed by atoms with Crippen molar-refractivity contribution in [2.45, 2.75) is 13.0 Å². The summed E-state index contributed by atoms with van der Waals surface area (Å²) in [6.45, 7) is 3.51. The molecule has 1 saturated heterocycles. The predicted molar refractivity (Wildman–Crippen MR) is 93.0 cm³/mol. The number of nitrogens with one attached hydrogen (secondary N) is 1. The van der Waals surface area contributed by atoms with Gasteiger partial charge in [-0.1, -0.05) is 12.1 Å². The third kappa shape index (κ3) is 2.39. The van der Waals surface area contributed by atoms with E-state index < -0.39 is 22.8 Å². The zero-order chi connectivity index (χ0) is 17.9. The second-order valence-electron chi connectivity index (χ2n) is 6.84. The van der Waals surface area contributed by atoms with E-state index in [2.05, 4.69) is 9.88 Å². The van der Waals surface area contributed by atoms with Gasteiger partial charge in [-0.2, -0.15) is 0 Å². The summed E-state index contributed by atoms with van der Waals surface area (Å²) >= 11 is 0. The Bertz CT molecular complexity index is 907. The summed E-state index contributed by atoms with van der Waals surface area (Å²) in [5, 5.41) is 19.1. The molecular formula is C18H19N3O4. The molecule has 0 amide bonds. The Morgan fingerprint density at radius 2 is 1.84 bits per heavy atom. The van der Waals surface area contributed by atoms with E-state index >= 15 is 0 Å². The standard InChI is InChI=1S/C18H19N3O4/c1-8-15(20-17(23)13(16(8)22)18(24)25)9-2-4-10(5-3-9)21-6-11-12(7-21)14(11)19/h2-5,11-12,14H,6-7,19H2,1H3,(H,24,25)(H2,20,22,23)/t11-,12+,14+. The first-order valence-corrected chi connectivity index (χ1v) is 8.18. The molecule has 130 valence electrons. The molecule has 7 heteroatoms. The summed E-state index contributed by atoms with van der Waals surface area (Å²) in [4.78, 5) is 27.9. The summed E-state index contributed by atoms with van der Waals surface area (Å²) in [5.41, 5.74) is 7.07. The van der Waals surface area contributed by atoms with Crippen molar-refractivity contribution < 1.29 is 15.0 Å². The Morgan fingerprint density at radius 1 is 1.24 bits per heavy atom. The maximum atomic E-state index is 12.0. The van der Waals surface area contributed by atoms with Crippen LogP contribution >= 0.6 is 0 Å². The van der Waals surface area contributed by atoms with Crippen molar-refractivity contribution in [1.82, 2.24) is 4.98 Å². The first-order valence-electron chi connectivity index (χ1n) is 8.18. The molecule has 1 saturated carbocycles. The van der Waals surface area contributed by atoms with Gasteiger partial charge in [0, 0.05) is 30.4 Å². The number of nitrogens with two attached hydrogens (primary N) is 1. The second-order valence-corrected chi connectivity index (χ2v) is 6.84. The van der Waals surface area contributed by atoms with E-state index in [0.717, 1.165) is 18.8 Å². The fourth-order valence-corrected chi connectivity index (χ4v) is 3.79. The van der Waals surface area contributed by atoms with E-state index in [-0.39, 0.29) is 0 Å². The average Bonchev–Trinajstić information content (AvgIpc) is 2.98. The lowest BCUT2D eigenvalue weighted by Gasteiger charge is -2.21. The van der Waals surface area contributed by atoms with Crippen LogP contribution in [0.2, 0.25) is 0 Å². The number of anilines is 1. The maximum absolute atomic E-state index is 12.0. The maximum Gasteiger partial charge on any atom is 0.345 e. The molecule has 0 bridgehead atoms. The number of carbonyl (C=O) groups is 1. The van der Waals surface area contributed by atoms with Crippen molar-refractivity contribution in [3.8, 4) is 17.0 Å². The molecule has 0 spiro atoms. The van der Waals surface area contributed by atoms with Gasteiger partial charge in [0.25, 0.3) is 5.56 Å². The first kappa shape index (κ1) is 15.7. The van der Waals surface area contributed by atoms with Crippen LogP contribution < -0.4 is 16.2 Å². The van der Waals surface area contributed by atoms with Crippen LogP contribution in [0.15, 0.2) is 29.1 Å². The van der Waals surface area contributed by atoms with Gasteiger partial charge in [-0.25, -0.2) is 4.79 Å². The normalized spacial score (nSPS) is 24.2. The number of benzene rings is 1. The number of piperidine rings is 1. The minimum atomic E-state index is -1.45. The Balaban J connectivity index is 1.65. The fourth-order valence-electron chi connectivity index (χ4n) is 3.79. The summed E-state index contributed by atoms with van der Waals surface area (Å²) in [6, 6.07) is 7.99. The smallest absolute Gasteiger partial charge is 0.345 e. The van der Waals surface area contributed by atoms with Crippen molar-refractivity contribution in [1.29, 1.82) is 0 Å². The molecule has 4 rings (SSSR count). The fraction of sp³-hybridized carbons (Fsp3) is 0.333.